The fourth-order valence-corrected chi connectivity index (χ4v) is 2.95. The maximum atomic E-state index is 12.2. The van der Waals surface area contributed by atoms with Crippen molar-refractivity contribution in [2.45, 2.75) is 32.2 Å². The van der Waals surface area contributed by atoms with Crippen LogP contribution in [0.4, 0.5) is 0 Å². The lowest BCUT2D eigenvalue weighted by atomic mass is 9.91. The normalized spacial score (nSPS) is 22.8. The summed E-state index contributed by atoms with van der Waals surface area (Å²) < 4.78 is 0. The van der Waals surface area contributed by atoms with Crippen molar-refractivity contribution in [3.8, 4) is 0 Å². The molecular weight excluding hydrogens is 312 g/mol. The smallest absolute Gasteiger partial charge is 0.255 e. The highest BCUT2D eigenvalue weighted by molar-refractivity contribution is 6.08. The van der Waals surface area contributed by atoms with E-state index in [1.807, 2.05) is 37.4 Å². The molecule has 0 bridgehead atoms. The van der Waals surface area contributed by atoms with E-state index < -0.39 is 5.54 Å². The van der Waals surface area contributed by atoms with Crippen LogP contribution in [0.25, 0.3) is 5.57 Å². The summed E-state index contributed by atoms with van der Waals surface area (Å²) in [5.74, 6) is 1.25. The Morgan fingerprint density at radius 3 is 2.60 bits per heavy atom. The molecule has 1 aromatic rings. The summed E-state index contributed by atoms with van der Waals surface area (Å²) in [6.45, 7) is 13.8. The van der Waals surface area contributed by atoms with Crippen LogP contribution in [0.2, 0.25) is 0 Å². The van der Waals surface area contributed by atoms with Crippen molar-refractivity contribution >= 4 is 17.7 Å². The summed E-state index contributed by atoms with van der Waals surface area (Å²) in [5, 5.41) is 12.5. The number of hydrazone groups is 1. The molecule has 1 heterocycles. The first-order chi connectivity index (χ1) is 11.9. The predicted molar refractivity (Wildman–Crippen MR) is 102 cm³/mol. The average molecular weight is 338 g/mol. The molecule has 2 N–H and O–H groups in total. The fraction of sp³-hybridized carbons (Fsp3) is 0.400. The van der Waals surface area contributed by atoms with Gasteiger partial charge in [-0.25, -0.2) is 0 Å². The van der Waals surface area contributed by atoms with Crippen LogP contribution in [0.3, 0.4) is 0 Å². The summed E-state index contributed by atoms with van der Waals surface area (Å²) in [6.07, 6.45) is 4.47. The van der Waals surface area contributed by atoms with E-state index in [9.17, 15) is 4.79 Å². The Bertz CT molecular complexity index is 718. The number of carbonyl (C=O) groups is 1. The number of hydrogen-bond acceptors (Lipinski definition) is 4. The molecule has 5 nitrogen and oxygen atoms in total. The third-order valence-electron chi connectivity index (χ3n) is 4.86. The van der Waals surface area contributed by atoms with Gasteiger partial charge in [-0.1, -0.05) is 37.4 Å². The van der Waals surface area contributed by atoms with Crippen molar-refractivity contribution in [1.82, 2.24) is 15.6 Å². The molecule has 1 aliphatic carbocycles. The Hall–Kier alpha value is -2.56. The van der Waals surface area contributed by atoms with Gasteiger partial charge in [-0.15, -0.1) is 0 Å². The number of benzene rings is 1. The highest BCUT2D eigenvalue weighted by Gasteiger charge is 2.40. The number of allylic oxidation sites excluding steroid dienone is 1. The second-order valence-electron chi connectivity index (χ2n) is 6.98. The van der Waals surface area contributed by atoms with Crippen LogP contribution < -0.4 is 10.6 Å². The lowest BCUT2D eigenvalue weighted by Gasteiger charge is -2.22. The summed E-state index contributed by atoms with van der Waals surface area (Å²) in [6, 6.07) is 7.84. The second kappa shape index (κ2) is 6.75. The molecule has 0 aromatic heterocycles. The number of nitrogens with zero attached hydrogens (tertiary/aromatic N) is 2. The number of nitrogens with one attached hydrogen (secondary N) is 2. The average Bonchev–Trinajstić information content (AvgIpc) is 3.37. The molecule has 25 heavy (non-hydrogen) atoms. The molecule has 1 saturated heterocycles. The predicted octanol–water partition coefficient (Wildman–Crippen LogP) is 2.82. The second-order valence-corrected chi connectivity index (χ2v) is 6.98. The van der Waals surface area contributed by atoms with Gasteiger partial charge < -0.3 is 10.6 Å². The van der Waals surface area contributed by atoms with E-state index in [-0.39, 0.29) is 5.91 Å². The van der Waals surface area contributed by atoms with Gasteiger partial charge in [-0.3, -0.25) is 9.80 Å². The molecule has 0 radical (unpaired) electrons. The molecular formula is C20H26N4O. The summed E-state index contributed by atoms with van der Waals surface area (Å²) in [5.41, 5.74) is 1.96. The molecule has 5 heteroatoms. The van der Waals surface area contributed by atoms with Gasteiger partial charge >= 0.3 is 0 Å². The van der Waals surface area contributed by atoms with Crippen molar-refractivity contribution in [3.63, 3.8) is 0 Å². The maximum absolute atomic E-state index is 12.2. The van der Waals surface area contributed by atoms with E-state index in [1.54, 1.807) is 0 Å². The van der Waals surface area contributed by atoms with E-state index >= 15 is 0 Å². The molecule has 0 unspecified atom stereocenters. The first kappa shape index (κ1) is 17.3. The van der Waals surface area contributed by atoms with Gasteiger partial charge in [0.15, 0.2) is 0 Å². The molecule has 1 amide bonds. The third kappa shape index (κ3) is 3.76. The third-order valence-corrected chi connectivity index (χ3v) is 4.86. The van der Waals surface area contributed by atoms with Gasteiger partial charge in [0.25, 0.3) is 5.91 Å². The topological polar surface area (TPSA) is 56.7 Å². The number of carbonyl (C=O) groups excluding carboxylic acids is 1. The zero-order valence-electron chi connectivity index (χ0n) is 15.0. The lowest BCUT2D eigenvalue weighted by Crippen LogP contribution is -2.39. The van der Waals surface area contributed by atoms with E-state index in [0.29, 0.717) is 5.82 Å². The van der Waals surface area contributed by atoms with Crippen molar-refractivity contribution in [2.75, 3.05) is 13.1 Å². The zero-order chi connectivity index (χ0) is 18.0. The van der Waals surface area contributed by atoms with Gasteiger partial charge in [-0.05, 0) is 49.3 Å². The summed E-state index contributed by atoms with van der Waals surface area (Å²) in [7, 11) is 0. The van der Waals surface area contributed by atoms with E-state index in [4.69, 9.17) is 0 Å². The van der Waals surface area contributed by atoms with Crippen LogP contribution in [0.1, 0.15) is 37.8 Å². The summed E-state index contributed by atoms with van der Waals surface area (Å²) >= 11 is 0. The van der Waals surface area contributed by atoms with Crippen molar-refractivity contribution < 1.29 is 4.79 Å². The Morgan fingerprint density at radius 2 is 2.08 bits per heavy atom. The quantitative estimate of drug-likeness (QED) is 0.594. The molecule has 2 fully saturated rings. The Balaban J connectivity index is 1.68. The van der Waals surface area contributed by atoms with Crippen molar-refractivity contribution in [3.05, 3.63) is 54.4 Å². The molecule has 1 atom stereocenters. The SMILES string of the molecule is C=C1NC(=O)[C@](C)(c2ccc(C(=C)/C=N\N(CC)CC3CC3)cc2)N1. The first-order valence-corrected chi connectivity index (χ1v) is 8.79. The van der Waals surface area contributed by atoms with Gasteiger partial charge in [-0.2, -0.15) is 5.10 Å². The molecule has 1 aliphatic heterocycles. The van der Waals surface area contributed by atoms with Crippen molar-refractivity contribution in [2.24, 2.45) is 11.0 Å². The number of rotatable bonds is 7. The molecule has 132 valence electrons. The lowest BCUT2D eigenvalue weighted by molar-refractivity contribution is -0.123. The Morgan fingerprint density at radius 1 is 1.40 bits per heavy atom. The van der Waals surface area contributed by atoms with Crippen LogP contribution in [0.5, 0.6) is 0 Å². The highest BCUT2D eigenvalue weighted by atomic mass is 16.2. The minimum Gasteiger partial charge on any atom is -0.355 e. The highest BCUT2D eigenvalue weighted by Crippen LogP contribution is 2.30. The zero-order valence-corrected chi connectivity index (χ0v) is 15.0. The van der Waals surface area contributed by atoms with E-state index in [1.165, 1.54) is 12.8 Å². The Labute approximate surface area is 149 Å². The van der Waals surface area contributed by atoms with E-state index in [2.05, 4.69) is 40.8 Å². The monoisotopic (exact) mass is 338 g/mol. The van der Waals surface area contributed by atoms with Crippen LogP contribution >= 0.6 is 0 Å². The minimum atomic E-state index is -0.783. The molecule has 2 aliphatic rings. The molecule has 3 rings (SSSR count). The van der Waals surface area contributed by atoms with Crippen molar-refractivity contribution in [1.29, 1.82) is 0 Å². The summed E-state index contributed by atoms with van der Waals surface area (Å²) in [4.78, 5) is 12.2. The standard InChI is InChI=1S/C20H26N4O/c1-5-24(13-16-6-7-16)21-12-14(2)17-8-10-18(11-9-17)20(4)19(25)22-15(3)23-20/h8-12,16,23H,2-3,5-7,13H2,1,4H3,(H,22,25)/b21-12-/t20-/m0/s1. The minimum absolute atomic E-state index is 0.0932. The number of hydrogen-bond donors (Lipinski definition) is 2. The van der Waals surface area contributed by atoms with Crippen LogP contribution in [0.15, 0.2) is 48.3 Å². The largest absolute Gasteiger partial charge is 0.355 e. The first-order valence-electron chi connectivity index (χ1n) is 8.79. The Kier molecular flexibility index (Phi) is 4.66. The van der Waals surface area contributed by atoms with Gasteiger partial charge in [0.1, 0.15) is 5.54 Å². The maximum Gasteiger partial charge on any atom is 0.255 e. The van der Waals surface area contributed by atoms with Gasteiger partial charge in [0, 0.05) is 13.1 Å². The molecule has 0 spiro atoms. The van der Waals surface area contributed by atoms with Crippen LogP contribution in [-0.4, -0.2) is 30.2 Å². The molecule has 1 saturated carbocycles. The number of amides is 1. The van der Waals surface area contributed by atoms with Crippen LogP contribution in [0, 0.1) is 5.92 Å². The van der Waals surface area contributed by atoms with Crippen LogP contribution in [-0.2, 0) is 10.3 Å². The molecule has 1 aromatic carbocycles. The van der Waals surface area contributed by atoms with Gasteiger partial charge in [0.2, 0.25) is 0 Å². The van der Waals surface area contributed by atoms with E-state index in [0.717, 1.165) is 35.7 Å². The van der Waals surface area contributed by atoms with Gasteiger partial charge in [0.05, 0.1) is 12.0 Å². The fourth-order valence-electron chi connectivity index (χ4n) is 2.95.